The van der Waals surface area contributed by atoms with Gasteiger partial charge in [-0.05, 0) is 42.8 Å². The first-order chi connectivity index (χ1) is 16.3. The fraction of sp³-hybridized carbons (Fsp3) is 0.190. The summed E-state index contributed by atoms with van der Waals surface area (Å²) in [6.45, 7) is 2.33. The molecule has 2 aromatic heterocycles. The number of carbonyl (C=O) groups is 1. The zero-order chi connectivity index (χ0) is 24.1. The molecule has 3 N–H and O–H groups in total. The number of aromatic nitrogens is 5. The minimum Gasteiger partial charge on any atom is -0.450 e. The van der Waals surface area contributed by atoms with Crippen molar-refractivity contribution in [1.82, 2.24) is 30.3 Å². The van der Waals surface area contributed by atoms with Crippen LogP contribution in [-0.2, 0) is 21.3 Å². The van der Waals surface area contributed by atoms with Gasteiger partial charge >= 0.3 is 6.09 Å². The maximum Gasteiger partial charge on any atom is 0.407 e. The minimum atomic E-state index is -3.40. The number of carbonyl (C=O) groups excluding carboxylic acids is 1. The van der Waals surface area contributed by atoms with Gasteiger partial charge in [-0.2, -0.15) is 9.67 Å². The van der Waals surface area contributed by atoms with E-state index in [-0.39, 0.29) is 5.95 Å². The number of fused-ring (bicyclic) bond motifs is 1. The summed E-state index contributed by atoms with van der Waals surface area (Å²) in [5.41, 5.74) is 3.52. The Morgan fingerprint density at radius 3 is 2.71 bits per heavy atom. The van der Waals surface area contributed by atoms with Crippen molar-refractivity contribution < 1.29 is 17.9 Å². The van der Waals surface area contributed by atoms with Crippen molar-refractivity contribution in [2.75, 3.05) is 22.9 Å². The first-order valence-corrected chi connectivity index (χ1v) is 12.1. The molecule has 0 spiro atoms. The number of anilines is 3. The normalized spacial score (nSPS) is 11.2. The van der Waals surface area contributed by atoms with Crippen LogP contribution in [0.5, 0.6) is 0 Å². The van der Waals surface area contributed by atoms with E-state index in [1.165, 1.54) is 0 Å². The molecule has 0 aliphatic rings. The maximum atomic E-state index is 11.6. The highest BCUT2D eigenvalue weighted by molar-refractivity contribution is 7.92. The highest BCUT2D eigenvalue weighted by Gasteiger charge is 2.12. The van der Waals surface area contributed by atoms with Gasteiger partial charge in [-0.3, -0.25) is 4.72 Å². The largest absolute Gasteiger partial charge is 0.450 e. The smallest absolute Gasteiger partial charge is 0.407 e. The van der Waals surface area contributed by atoms with Crippen LogP contribution in [0.15, 0.2) is 54.7 Å². The van der Waals surface area contributed by atoms with Crippen molar-refractivity contribution in [3.8, 4) is 5.69 Å². The summed E-state index contributed by atoms with van der Waals surface area (Å²) in [5.74, 6) is 0.285. The Labute approximate surface area is 195 Å². The number of alkyl carbamates (subject to hydrolysis) is 1. The van der Waals surface area contributed by atoms with E-state index in [1.54, 1.807) is 42.1 Å². The monoisotopic (exact) mass is 482 g/mol. The Kier molecular flexibility index (Phi) is 6.54. The fourth-order valence-electron chi connectivity index (χ4n) is 3.12. The molecule has 4 rings (SSSR count). The molecule has 0 aliphatic heterocycles. The Morgan fingerprint density at radius 1 is 1.12 bits per heavy atom. The Balaban J connectivity index is 1.57. The summed E-state index contributed by atoms with van der Waals surface area (Å²) in [6, 6.07) is 14.1. The van der Waals surface area contributed by atoms with Gasteiger partial charge in [-0.15, -0.1) is 5.10 Å². The number of nitrogens with zero attached hydrogens (tertiary/aromatic N) is 5. The van der Waals surface area contributed by atoms with Crippen LogP contribution in [0.3, 0.4) is 0 Å². The average Bonchev–Trinajstić information content (AvgIpc) is 3.20. The van der Waals surface area contributed by atoms with E-state index in [4.69, 9.17) is 4.74 Å². The fourth-order valence-corrected chi connectivity index (χ4v) is 3.68. The molecule has 13 heteroatoms. The molecule has 0 saturated heterocycles. The SMILES string of the molecule is CCOC(=O)NCc1cccc(-n2nnc3cnc(Nc4cccc(NS(C)(=O)=O)c4)nc32)c1. The predicted octanol–water partition coefficient (Wildman–Crippen LogP) is 2.57. The molecule has 0 atom stereocenters. The number of benzene rings is 2. The zero-order valence-corrected chi connectivity index (χ0v) is 19.2. The summed E-state index contributed by atoms with van der Waals surface area (Å²) in [5, 5.41) is 14.0. The Hall–Kier alpha value is -4.26. The van der Waals surface area contributed by atoms with E-state index in [0.29, 0.717) is 41.4 Å². The average molecular weight is 483 g/mol. The van der Waals surface area contributed by atoms with Crippen LogP contribution >= 0.6 is 0 Å². The van der Waals surface area contributed by atoms with Gasteiger partial charge in [0.05, 0.1) is 30.4 Å². The summed E-state index contributed by atoms with van der Waals surface area (Å²) in [7, 11) is -3.40. The third kappa shape index (κ3) is 5.75. The number of hydrogen-bond donors (Lipinski definition) is 3. The molecule has 0 radical (unpaired) electrons. The highest BCUT2D eigenvalue weighted by atomic mass is 32.2. The predicted molar refractivity (Wildman–Crippen MR) is 127 cm³/mol. The second kappa shape index (κ2) is 9.70. The molecule has 4 aromatic rings. The van der Waals surface area contributed by atoms with Gasteiger partial charge in [0, 0.05) is 12.2 Å². The van der Waals surface area contributed by atoms with Crippen LogP contribution < -0.4 is 15.4 Å². The van der Waals surface area contributed by atoms with Gasteiger partial charge in [-0.25, -0.2) is 18.2 Å². The molecule has 176 valence electrons. The third-order valence-corrected chi connectivity index (χ3v) is 5.09. The molecular weight excluding hydrogens is 460 g/mol. The van der Waals surface area contributed by atoms with E-state index in [9.17, 15) is 13.2 Å². The van der Waals surface area contributed by atoms with Crippen molar-refractivity contribution in [3.63, 3.8) is 0 Å². The quantitative estimate of drug-likeness (QED) is 0.344. The van der Waals surface area contributed by atoms with E-state index in [1.807, 2.05) is 24.3 Å². The van der Waals surface area contributed by atoms with Gasteiger partial charge in [0.25, 0.3) is 0 Å². The molecule has 0 unspecified atom stereocenters. The molecule has 2 heterocycles. The minimum absolute atomic E-state index is 0.285. The number of ether oxygens (including phenoxy) is 1. The molecule has 0 aliphatic carbocycles. The lowest BCUT2D eigenvalue weighted by molar-refractivity contribution is 0.151. The number of amides is 1. The van der Waals surface area contributed by atoms with Crippen LogP contribution in [0.25, 0.3) is 16.9 Å². The van der Waals surface area contributed by atoms with Gasteiger partial charge in [-0.1, -0.05) is 23.4 Å². The van der Waals surface area contributed by atoms with Crippen molar-refractivity contribution in [3.05, 3.63) is 60.3 Å². The lowest BCUT2D eigenvalue weighted by Crippen LogP contribution is -2.23. The summed E-state index contributed by atoms with van der Waals surface area (Å²) in [4.78, 5) is 20.3. The molecule has 1 amide bonds. The molecule has 0 fully saturated rings. The highest BCUT2D eigenvalue weighted by Crippen LogP contribution is 2.21. The third-order valence-electron chi connectivity index (χ3n) is 4.48. The summed E-state index contributed by atoms with van der Waals surface area (Å²) < 4.78 is 31.8. The van der Waals surface area contributed by atoms with Gasteiger partial charge in [0.15, 0.2) is 11.2 Å². The molecule has 0 bridgehead atoms. The number of hydrogen-bond acceptors (Lipinski definition) is 9. The maximum absolute atomic E-state index is 11.6. The lowest BCUT2D eigenvalue weighted by Gasteiger charge is -2.09. The zero-order valence-electron chi connectivity index (χ0n) is 18.4. The van der Waals surface area contributed by atoms with Crippen LogP contribution in [0.2, 0.25) is 0 Å². The topological polar surface area (TPSA) is 153 Å². The van der Waals surface area contributed by atoms with Crippen molar-refractivity contribution in [1.29, 1.82) is 0 Å². The molecule has 2 aromatic carbocycles. The van der Waals surface area contributed by atoms with Gasteiger partial charge in [0.1, 0.15) is 0 Å². The van der Waals surface area contributed by atoms with Gasteiger partial charge < -0.3 is 15.4 Å². The van der Waals surface area contributed by atoms with Crippen molar-refractivity contribution in [2.45, 2.75) is 13.5 Å². The standard InChI is InChI=1S/C21H22N8O4S/c1-3-33-21(30)23-12-14-6-4-9-17(10-14)29-19-18(26-28-29)13-22-20(25-19)24-15-7-5-8-16(11-15)27-34(2,31)32/h4-11,13,27H,3,12H2,1-2H3,(H,23,30)(H,22,24,25). The number of rotatable bonds is 8. The Bertz CT molecular complexity index is 1440. The second-order valence-corrected chi connectivity index (χ2v) is 8.98. The van der Waals surface area contributed by atoms with Gasteiger partial charge in [0.2, 0.25) is 16.0 Å². The van der Waals surface area contributed by atoms with Crippen LogP contribution in [-0.4, -0.2) is 52.3 Å². The molecule has 12 nitrogen and oxygen atoms in total. The number of nitrogens with one attached hydrogen (secondary N) is 3. The Morgan fingerprint density at radius 2 is 1.91 bits per heavy atom. The number of sulfonamides is 1. The first kappa shape index (κ1) is 22.9. The molecule has 0 saturated carbocycles. The van der Waals surface area contributed by atoms with Crippen LogP contribution in [0.1, 0.15) is 12.5 Å². The molecule has 34 heavy (non-hydrogen) atoms. The second-order valence-electron chi connectivity index (χ2n) is 7.23. The van der Waals surface area contributed by atoms with E-state index in [0.717, 1.165) is 11.8 Å². The van der Waals surface area contributed by atoms with E-state index in [2.05, 4.69) is 35.6 Å². The molecular formula is C21H22N8O4S. The summed E-state index contributed by atoms with van der Waals surface area (Å²) >= 11 is 0. The van der Waals surface area contributed by atoms with Crippen LogP contribution in [0.4, 0.5) is 22.1 Å². The summed E-state index contributed by atoms with van der Waals surface area (Å²) in [6.07, 6.45) is 2.14. The van der Waals surface area contributed by atoms with E-state index < -0.39 is 16.1 Å². The first-order valence-electron chi connectivity index (χ1n) is 10.2. The van der Waals surface area contributed by atoms with E-state index >= 15 is 0 Å². The lowest BCUT2D eigenvalue weighted by atomic mass is 10.2. The van der Waals surface area contributed by atoms with Crippen molar-refractivity contribution in [2.24, 2.45) is 0 Å². The van der Waals surface area contributed by atoms with Crippen molar-refractivity contribution >= 4 is 44.6 Å². The van der Waals surface area contributed by atoms with Crippen LogP contribution in [0, 0.1) is 0 Å².